The molecule has 4 nitrogen and oxygen atoms in total. The third kappa shape index (κ3) is 1.45. The molecule has 2 N–H and O–H groups in total. The van der Waals surface area contributed by atoms with Gasteiger partial charge in [0.25, 0.3) is 0 Å². The minimum atomic E-state index is -0.291. The van der Waals surface area contributed by atoms with E-state index in [0.717, 1.165) is 18.5 Å². The standard InChI is InChI=1S/C12H18N2O2/c1-14-9(11(15)16-2)4-5-10(14)12(8-13)6-3-7-12/h4-5H,3,6-8,13H2,1-2H3. The Morgan fingerprint density at radius 1 is 1.56 bits per heavy atom. The molecular formula is C12H18N2O2. The molecule has 0 aliphatic heterocycles. The lowest BCUT2D eigenvalue weighted by Crippen LogP contribution is -2.43. The van der Waals surface area contributed by atoms with Gasteiger partial charge in [-0.15, -0.1) is 0 Å². The maximum Gasteiger partial charge on any atom is 0.354 e. The van der Waals surface area contributed by atoms with Crippen molar-refractivity contribution in [3.8, 4) is 0 Å². The van der Waals surface area contributed by atoms with Crippen molar-refractivity contribution in [2.45, 2.75) is 24.7 Å². The van der Waals surface area contributed by atoms with E-state index in [9.17, 15) is 4.79 Å². The second-order valence-corrected chi connectivity index (χ2v) is 4.49. The van der Waals surface area contributed by atoms with Crippen molar-refractivity contribution >= 4 is 5.97 Å². The van der Waals surface area contributed by atoms with Crippen LogP contribution in [-0.4, -0.2) is 24.2 Å². The van der Waals surface area contributed by atoms with Crippen LogP contribution in [0.4, 0.5) is 0 Å². The second-order valence-electron chi connectivity index (χ2n) is 4.49. The molecule has 1 fully saturated rings. The third-order valence-corrected chi connectivity index (χ3v) is 3.76. The van der Waals surface area contributed by atoms with Gasteiger partial charge in [0, 0.05) is 24.7 Å². The van der Waals surface area contributed by atoms with Crippen LogP contribution in [0, 0.1) is 0 Å². The van der Waals surface area contributed by atoms with Crippen molar-refractivity contribution in [1.82, 2.24) is 4.57 Å². The Morgan fingerprint density at radius 2 is 2.25 bits per heavy atom. The van der Waals surface area contributed by atoms with Crippen molar-refractivity contribution in [2.24, 2.45) is 12.8 Å². The Balaban J connectivity index is 2.36. The van der Waals surface area contributed by atoms with Crippen LogP contribution in [-0.2, 0) is 17.2 Å². The number of hydrogen-bond acceptors (Lipinski definition) is 3. The van der Waals surface area contributed by atoms with Crippen LogP contribution in [0.15, 0.2) is 12.1 Å². The summed E-state index contributed by atoms with van der Waals surface area (Å²) in [5.74, 6) is -0.291. The molecule has 0 atom stereocenters. The van der Waals surface area contributed by atoms with Gasteiger partial charge in [-0.1, -0.05) is 6.42 Å². The summed E-state index contributed by atoms with van der Waals surface area (Å²) in [4.78, 5) is 11.5. The highest BCUT2D eigenvalue weighted by Crippen LogP contribution is 2.43. The predicted molar refractivity (Wildman–Crippen MR) is 61.3 cm³/mol. The maximum absolute atomic E-state index is 11.5. The Bertz CT molecular complexity index is 400. The lowest BCUT2D eigenvalue weighted by atomic mass is 9.66. The summed E-state index contributed by atoms with van der Waals surface area (Å²) in [6, 6.07) is 3.81. The fraction of sp³-hybridized carbons (Fsp3) is 0.583. The predicted octanol–water partition coefficient (Wildman–Crippen LogP) is 1.19. The highest BCUT2D eigenvalue weighted by molar-refractivity contribution is 5.87. The molecule has 16 heavy (non-hydrogen) atoms. The van der Waals surface area contributed by atoms with E-state index < -0.39 is 0 Å². The topological polar surface area (TPSA) is 57.2 Å². The fourth-order valence-electron chi connectivity index (χ4n) is 2.52. The molecule has 0 spiro atoms. The monoisotopic (exact) mass is 222 g/mol. The summed E-state index contributed by atoms with van der Waals surface area (Å²) in [5.41, 5.74) is 7.69. The molecule has 0 amide bonds. The summed E-state index contributed by atoms with van der Waals surface area (Å²) >= 11 is 0. The molecule has 0 bridgehead atoms. The molecule has 0 aromatic carbocycles. The molecule has 2 rings (SSSR count). The number of rotatable bonds is 3. The first-order chi connectivity index (χ1) is 7.64. The Hall–Kier alpha value is -1.29. The molecule has 0 saturated heterocycles. The van der Waals surface area contributed by atoms with E-state index in [1.54, 1.807) is 0 Å². The first-order valence-electron chi connectivity index (χ1n) is 5.59. The van der Waals surface area contributed by atoms with Gasteiger partial charge in [0.2, 0.25) is 0 Å². The summed E-state index contributed by atoms with van der Waals surface area (Å²) in [5, 5.41) is 0. The van der Waals surface area contributed by atoms with Crippen LogP contribution in [0.1, 0.15) is 35.4 Å². The van der Waals surface area contributed by atoms with Crippen LogP contribution >= 0.6 is 0 Å². The van der Waals surface area contributed by atoms with Crippen molar-refractivity contribution in [2.75, 3.05) is 13.7 Å². The van der Waals surface area contributed by atoms with Gasteiger partial charge in [0.15, 0.2) is 0 Å². The molecule has 1 aromatic rings. The SMILES string of the molecule is COC(=O)c1ccc(C2(CN)CCC2)n1C. The average molecular weight is 222 g/mol. The molecule has 1 heterocycles. The molecule has 1 aliphatic carbocycles. The van der Waals surface area contributed by atoms with Crippen LogP contribution < -0.4 is 5.73 Å². The van der Waals surface area contributed by atoms with E-state index in [2.05, 4.69) is 0 Å². The van der Waals surface area contributed by atoms with Gasteiger partial charge in [0.05, 0.1) is 7.11 Å². The number of hydrogen-bond donors (Lipinski definition) is 1. The van der Waals surface area contributed by atoms with Crippen molar-refractivity contribution in [3.05, 3.63) is 23.5 Å². The summed E-state index contributed by atoms with van der Waals surface area (Å²) in [6.45, 7) is 0.644. The average Bonchev–Trinajstić information content (AvgIpc) is 2.60. The number of nitrogens with zero attached hydrogens (tertiary/aromatic N) is 1. The molecule has 0 radical (unpaired) electrons. The van der Waals surface area contributed by atoms with Gasteiger partial charge in [-0.2, -0.15) is 0 Å². The number of ether oxygens (including phenoxy) is 1. The Morgan fingerprint density at radius 3 is 2.69 bits per heavy atom. The summed E-state index contributed by atoms with van der Waals surface area (Å²) < 4.78 is 6.65. The molecular weight excluding hydrogens is 204 g/mol. The van der Waals surface area contributed by atoms with Crippen LogP contribution in [0.3, 0.4) is 0 Å². The molecule has 88 valence electrons. The fourth-order valence-corrected chi connectivity index (χ4v) is 2.52. The zero-order valence-corrected chi connectivity index (χ0v) is 9.82. The van der Waals surface area contributed by atoms with E-state index in [1.807, 2.05) is 23.7 Å². The van der Waals surface area contributed by atoms with E-state index in [0.29, 0.717) is 12.2 Å². The number of carbonyl (C=O) groups is 1. The molecule has 4 heteroatoms. The normalized spacial score (nSPS) is 17.9. The largest absolute Gasteiger partial charge is 0.464 e. The van der Waals surface area contributed by atoms with Gasteiger partial charge < -0.3 is 15.0 Å². The van der Waals surface area contributed by atoms with Crippen LogP contribution in [0.25, 0.3) is 0 Å². The number of aromatic nitrogens is 1. The van der Waals surface area contributed by atoms with Gasteiger partial charge in [0.1, 0.15) is 5.69 Å². The minimum Gasteiger partial charge on any atom is -0.464 e. The zero-order chi connectivity index (χ0) is 11.8. The van der Waals surface area contributed by atoms with E-state index in [1.165, 1.54) is 13.5 Å². The van der Waals surface area contributed by atoms with E-state index >= 15 is 0 Å². The quantitative estimate of drug-likeness (QED) is 0.782. The van der Waals surface area contributed by atoms with E-state index in [-0.39, 0.29) is 11.4 Å². The summed E-state index contributed by atoms with van der Waals surface area (Å²) in [7, 11) is 3.30. The number of methoxy groups -OCH3 is 1. The molecule has 0 unspecified atom stereocenters. The number of nitrogens with two attached hydrogens (primary N) is 1. The van der Waals surface area contributed by atoms with Gasteiger partial charge in [-0.05, 0) is 25.0 Å². The first-order valence-corrected chi connectivity index (χ1v) is 5.59. The van der Waals surface area contributed by atoms with Gasteiger partial charge in [-0.3, -0.25) is 0 Å². The highest BCUT2D eigenvalue weighted by Gasteiger charge is 2.39. The second kappa shape index (κ2) is 3.94. The third-order valence-electron chi connectivity index (χ3n) is 3.76. The van der Waals surface area contributed by atoms with Crippen LogP contribution in [0.2, 0.25) is 0 Å². The summed E-state index contributed by atoms with van der Waals surface area (Å²) in [6.07, 6.45) is 3.44. The number of esters is 1. The van der Waals surface area contributed by atoms with Gasteiger partial charge >= 0.3 is 5.97 Å². The lowest BCUT2D eigenvalue weighted by molar-refractivity contribution is 0.0588. The van der Waals surface area contributed by atoms with E-state index in [4.69, 9.17) is 10.5 Å². The Labute approximate surface area is 95.4 Å². The highest BCUT2D eigenvalue weighted by atomic mass is 16.5. The van der Waals surface area contributed by atoms with Crippen LogP contribution in [0.5, 0.6) is 0 Å². The van der Waals surface area contributed by atoms with Crippen molar-refractivity contribution in [3.63, 3.8) is 0 Å². The lowest BCUT2D eigenvalue weighted by Gasteiger charge is -2.41. The molecule has 1 aromatic heterocycles. The smallest absolute Gasteiger partial charge is 0.354 e. The first kappa shape index (κ1) is 11.2. The zero-order valence-electron chi connectivity index (χ0n) is 9.82. The number of carbonyl (C=O) groups excluding carboxylic acids is 1. The maximum atomic E-state index is 11.5. The van der Waals surface area contributed by atoms with Crippen molar-refractivity contribution in [1.29, 1.82) is 0 Å². The van der Waals surface area contributed by atoms with Gasteiger partial charge in [-0.25, -0.2) is 4.79 Å². The molecule has 1 aliphatic rings. The molecule has 1 saturated carbocycles. The minimum absolute atomic E-state index is 0.0843. The Kier molecular flexibility index (Phi) is 2.76. The van der Waals surface area contributed by atoms with Crippen molar-refractivity contribution < 1.29 is 9.53 Å².